The Morgan fingerprint density at radius 2 is 2.00 bits per heavy atom. The van der Waals surface area contributed by atoms with Crippen LogP contribution in [-0.2, 0) is 0 Å². The lowest BCUT2D eigenvalue weighted by molar-refractivity contribution is 0.637. The number of anilines is 2. The standard InChI is InChI=1S/C12H15N5OS/c1-9-6-10(7-19-9)16-2-4-17(5-3-16)11-13-8-14-12(18)15-11/h6-8H,2-5H2,1H3,(H,13,14,15,18). The zero-order chi connectivity index (χ0) is 13.2. The first-order valence-corrected chi connectivity index (χ1v) is 7.07. The molecule has 6 nitrogen and oxygen atoms in total. The molecule has 1 N–H and O–H groups in total. The zero-order valence-corrected chi connectivity index (χ0v) is 11.5. The van der Waals surface area contributed by atoms with E-state index < -0.39 is 0 Å². The molecule has 0 aliphatic carbocycles. The normalized spacial score (nSPS) is 15.8. The minimum atomic E-state index is -0.346. The summed E-state index contributed by atoms with van der Waals surface area (Å²) >= 11 is 1.77. The molecule has 1 aliphatic rings. The summed E-state index contributed by atoms with van der Waals surface area (Å²) in [6, 6.07) is 2.21. The van der Waals surface area contributed by atoms with Gasteiger partial charge in [0.25, 0.3) is 0 Å². The summed E-state index contributed by atoms with van der Waals surface area (Å²) in [6.07, 6.45) is 1.40. The monoisotopic (exact) mass is 277 g/mol. The van der Waals surface area contributed by atoms with Crippen molar-refractivity contribution in [2.45, 2.75) is 6.92 Å². The predicted molar refractivity (Wildman–Crippen MR) is 76.1 cm³/mol. The Kier molecular flexibility index (Phi) is 3.20. The molecule has 7 heteroatoms. The van der Waals surface area contributed by atoms with Gasteiger partial charge in [0, 0.05) is 42.1 Å². The van der Waals surface area contributed by atoms with Gasteiger partial charge in [-0.25, -0.2) is 9.78 Å². The van der Waals surface area contributed by atoms with Crippen LogP contribution in [0.2, 0.25) is 0 Å². The van der Waals surface area contributed by atoms with Crippen LogP contribution in [0.25, 0.3) is 0 Å². The maximum atomic E-state index is 11.2. The SMILES string of the molecule is Cc1cc(N2CCN(c3nc[nH]c(=O)n3)CC2)cs1. The number of aromatic amines is 1. The van der Waals surface area contributed by atoms with E-state index in [1.807, 2.05) is 4.90 Å². The first kappa shape index (κ1) is 12.2. The van der Waals surface area contributed by atoms with Gasteiger partial charge >= 0.3 is 5.69 Å². The number of nitrogens with one attached hydrogen (secondary N) is 1. The van der Waals surface area contributed by atoms with E-state index in [9.17, 15) is 4.79 Å². The average Bonchev–Trinajstić information content (AvgIpc) is 2.86. The number of rotatable bonds is 2. The summed E-state index contributed by atoms with van der Waals surface area (Å²) in [6.45, 7) is 5.63. The van der Waals surface area contributed by atoms with Crippen LogP contribution in [0.1, 0.15) is 4.88 Å². The highest BCUT2D eigenvalue weighted by Gasteiger charge is 2.19. The van der Waals surface area contributed by atoms with Crippen molar-refractivity contribution < 1.29 is 0 Å². The molecule has 0 unspecified atom stereocenters. The second-order valence-electron chi connectivity index (χ2n) is 4.51. The Bertz CT molecular complexity index is 614. The van der Waals surface area contributed by atoms with E-state index in [0.29, 0.717) is 5.95 Å². The molecule has 1 saturated heterocycles. The Labute approximate surface area is 114 Å². The third-order valence-electron chi connectivity index (χ3n) is 3.21. The van der Waals surface area contributed by atoms with Crippen molar-refractivity contribution in [3.63, 3.8) is 0 Å². The topological polar surface area (TPSA) is 65.1 Å². The molecule has 0 atom stereocenters. The summed E-state index contributed by atoms with van der Waals surface area (Å²) < 4.78 is 0. The third-order valence-corrected chi connectivity index (χ3v) is 4.06. The van der Waals surface area contributed by atoms with E-state index in [1.54, 1.807) is 11.3 Å². The fourth-order valence-corrected chi connectivity index (χ4v) is 2.92. The molecule has 3 rings (SSSR count). The zero-order valence-electron chi connectivity index (χ0n) is 10.7. The van der Waals surface area contributed by atoms with E-state index in [-0.39, 0.29) is 5.69 Å². The van der Waals surface area contributed by atoms with Gasteiger partial charge in [-0.3, -0.25) is 4.98 Å². The molecule has 19 heavy (non-hydrogen) atoms. The lowest BCUT2D eigenvalue weighted by Gasteiger charge is -2.35. The number of aryl methyl sites for hydroxylation is 1. The van der Waals surface area contributed by atoms with Crippen molar-refractivity contribution in [3.05, 3.63) is 33.1 Å². The van der Waals surface area contributed by atoms with Crippen molar-refractivity contribution >= 4 is 23.0 Å². The molecule has 2 aromatic rings. The van der Waals surface area contributed by atoms with Crippen LogP contribution in [0, 0.1) is 6.92 Å². The van der Waals surface area contributed by atoms with Crippen LogP contribution < -0.4 is 15.5 Å². The van der Waals surface area contributed by atoms with Gasteiger partial charge in [-0.1, -0.05) is 0 Å². The molecular formula is C12H15N5OS. The van der Waals surface area contributed by atoms with Crippen LogP contribution in [0.15, 0.2) is 22.6 Å². The molecular weight excluding hydrogens is 262 g/mol. The Hall–Kier alpha value is -1.89. The number of H-pyrrole nitrogens is 1. The fraction of sp³-hybridized carbons (Fsp3) is 0.417. The van der Waals surface area contributed by atoms with Crippen LogP contribution in [0.4, 0.5) is 11.6 Å². The first-order chi connectivity index (χ1) is 9.22. The second kappa shape index (κ2) is 5.00. The maximum Gasteiger partial charge on any atom is 0.349 e. The maximum absolute atomic E-state index is 11.2. The lowest BCUT2D eigenvalue weighted by atomic mass is 10.3. The smallest absolute Gasteiger partial charge is 0.349 e. The van der Waals surface area contributed by atoms with E-state index in [4.69, 9.17) is 0 Å². The molecule has 2 aromatic heterocycles. The fourth-order valence-electron chi connectivity index (χ4n) is 2.21. The van der Waals surface area contributed by atoms with Crippen molar-refractivity contribution in [1.29, 1.82) is 0 Å². The Morgan fingerprint density at radius 1 is 1.26 bits per heavy atom. The molecule has 0 bridgehead atoms. The minimum Gasteiger partial charge on any atom is -0.367 e. The van der Waals surface area contributed by atoms with Gasteiger partial charge in [-0.2, -0.15) is 4.98 Å². The number of thiophene rings is 1. The highest BCUT2D eigenvalue weighted by Crippen LogP contribution is 2.23. The number of hydrogen-bond donors (Lipinski definition) is 1. The largest absolute Gasteiger partial charge is 0.367 e. The van der Waals surface area contributed by atoms with Gasteiger partial charge in [-0.15, -0.1) is 11.3 Å². The molecule has 0 aromatic carbocycles. The van der Waals surface area contributed by atoms with Gasteiger partial charge in [0.2, 0.25) is 5.95 Å². The third kappa shape index (κ3) is 2.60. The second-order valence-corrected chi connectivity index (χ2v) is 5.62. The van der Waals surface area contributed by atoms with Crippen LogP contribution >= 0.6 is 11.3 Å². The first-order valence-electron chi connectivity index (χ1n) is 6.19. The van der Waals surface area contributed by atoms with Crippen LogP contribution in [0.5, 0.6) is 0 Å². The van der Waals surface area contributed by atoms with Crippen molar-refractivity contribution in [3.8, 4) is 0 Å². The molecule has 0 amide bonds. The van der Waals surface area contributed by atoms with Gasteiger partial charge < -0.3 is 9.80 Å². The van der Waals surface area contributed by atoms with E-state index >= 15 is 0 Å². The number of aromatic nitrogens is 3. The van der Waals surface area contributed by atoms with Gasteiger partial charge in [0.1, 0.15) is 6.33 Å². The number of nitrogens with zero attached hydrogens (tertiary/aromatic N) is 4. The highest BCUT2D eigenvalue weighted by atomic mass is 32.1. The quantitative estimate of drug-likeness (QED) is 0.882. The molecule has 0 spiro atoms. The molecule has 100 valence electrons. The summed E-state index contributed by atoms with van der Waals surface area (Å²) in [7, 11) is 0. The van der Waals surface area contributed by atoms with Crippen molar-refractivity contribution in [2.24, 2.45) is 0 Å². The lowest BCUT2D eigenvalue weighted by Crippen LogP contribution is -2.47. The summed E-state index contributed by atoms with van der Waals surface area (Å²) in [5.41, 5.74) is 0.940. The van der Waals surface area contributed by atoms with Gasteiger partial charge in [-0.05, 0) is 13.0 Å². The van der Waals surface area contributed by atoms with E-state index in [2.05, 4.69) is 38.2 Å². The molecule has 1 aliphatic heterocycles. The van der Waals surface area contributed by atoms with Gasteiger partial charge in [0.05, 0.1) is 0 Å². The minimum absolute atomic E-state index is 0.346. The van der Waals surface area contributed by atoms with E-state index in [0.717, 1.165) is 26.2 Å². The number of hydrogen-bond acceptors (Lipinski definition) is 6. The predicted octanol–water partition coefficient (Wildman–Crippen LogP) is 0.861. The van der Waals surface area contributed by atoms with Crippen LogP contribution in [-0.4, -0.2) is 41.1 Å². The molecule has 0 radical (unpaired) electrons. The summed E-state index contributed by atoms with van der Waals surface area (Å²) in [5, 5.41) is 2.19. The summed E-state index contributed by atoms with van der Waals surface area (Å²) in [5.74, 6) is 0.518. The van der Waals surface area contributed by atoms with E-state index in [1.165, 1.54) is 16.9 Å². The Morgan fingerprint density at radius 3 is 2.63 bits per heavy atom. The van der Waals surface area contributed by atoms with Crippen molar-refractivity contribution in [2.75, 3.05) is 36.0 Å². The van der Waals surface area contributed by atoms with Crippen molar-refractivity contribution in [1.82, 2.24) is 15.0 Å². The highest BCUT2D eigenvalue weighted by molar-refractivity contribution is 7.10. The van der Waals surface area contributed by atoms with Gasteiger partial charge in [0.15, 0.2) is 0 Å². The average molecular weight is 277 g/mol. The van der Waals surface area contributed by atoms with Crippen LogP contribution in [0.3, 0.4) is 0 Å². The summed E-state index contributed by atoms with van der Waals surface area (Å²) in [4.78, 5) is 27.3. The molecule has 0 saturated carbocycles. The number of piperazine rings is 1. The molecule has 3 heterocycles. The Balaban J connectivity index is 1.68. The molecule has 1 fully saturated rings.